The summed E-state index contributed by atoms with van der Waals surface area (Å²) in [5.41, 5.74) is 0.741. The van der Waals surface area contributed by atoms with Crippen molar-refractivity contribution < 1.29 is 19.8 Å². The third kappa shape index (κ3) is 3.34. The second-order valence-electron chi connectivity index (χ2n) is 6.06. The molecule has 1 aliphatic heterocycles. The van der Waals surface area contributed by atoms with Crippen LogP contribution in [0.1, 0.15) is 24.2 Å². The van der Waals surface area contributed by atoms with Crippen molar-refractivity contribution in [1.82, 2.24) is 9.88 Å². The molecule has 3 rings (SSSR count). The van der Waals surface area contributed by atoms with Gasteiger partial charge in [0.25, 0.3) is 11.7 Å². The number of likely N-dealkylation sites (tertiary alicyclic amines) is 1. The van der Waals surface area contributed by atoms with Crippen molar-refractivity contribution >= 4 is 29.1 Å². The Morgan fingerprint density at radius 3 is 2.50 bits per heavy atom. The van der Waals surface area contributed by atoms with Crippen LogP contribution in [-0.2, 0) is 9.59 Å². The van der Waals surface area contributed by atoms with Gasteiger partial charge >= 0.3 is 0 Å². The smallest absolute Gasteiger partial charge is 0.295 e. The van der Waals surface area contributed by atoms with Gasteiger partial charge in [-0.05, 0) is 43.3 Å². The summed E-state index contributed by atoms with van der Waals surface area (Å²) < 4.78 is 0. The number of hydrogen-bond donors (Lipinski definition) is 2. The fraction of sp³-hybridized carbons (Fsp3) is 0.211. The Morgan fingerprint density at radius 2 is 1.92 bits per heavy atom. The predicted octanol–water partition coefficient (Wildman–Crippen LogP) is 2.54. The first kappa shape index (κ1) is 18.1. The van der Waals surface area contributed by atoms with Gasteiger partial charge in [0.05, 0.1) is 17.4 Å². The molecule has 1 amide bonds. The largest absolute Gasteiger partial charge is 0.507 e. The highest BCUT2D eigenvalue weighted by molar-refractivity contribution is 6.46. The summed E-state index contributed by atoms with van der Waals surface area (Å²) in [6, 6.07) is 10.5. The second-order valence-corrected chi connectivity index (χ2v) is 6.50. The number of benzene rings is 1. The van der Waals surface area contributed by atoms with Crippen LogP contribution in [0.2, 0.25) is 5.02 Å². The number of aliphatic hydroxyl groups is 2. The van der Waals surface area contributed by atoms with Gasteiger partial charge in [-0.25, -0.2) is 0 Å². The molecule has 2 aromatic rings. The van der Waals surface area contributed by atoms with E-state index in [1.165, 1.54) is 11.8 Å². The third-order valence-electron chi connectivity index (χ3n) is 4.09. The van der Waals surface area contributed by atoms with Crippen LogP contribution in [0.5, 0.6) is 0 Å². The number of rotatable bonds is 4. The van der Waals surface area contributed by atoms with Crippen molar-refractivity contribution in [2.75, 3.05) is 6.54 Å². The Morgan fingerprint density at radius 1 is 1.23 bits per heavy atom. The van der Waals surface area contributed by atoms with Gasteiger partial charge in [0.15, 0.2) is 0 Å². The summed E-state index contributed by atoms with van der Waals surface area (Å²) in [5, 5.41) is 20.9. The molecule has 1 fully saturated rings. The first-order valence-corrected chi connectivity index (χ1v) is 8.41. The summed E-state index contributed by atoms with van der Waals surface area (Å²) in [5.74, 6) is -1.89. The molecule has 1 aromatic heterocycles. The molecular formula is C19H17ClN2O4. The SMILES string of the molecule is CC(O)CN1C(=O)C(=O)/C(=C(/O)c2ccc(Cl)cc2)C1c1ccccn1. The lowest BCUT2D eigenvalue weighted by Crippen LogP contribution is -2.35. The Labute approximate surface area is 155 Å². The number of nitrogens with zero attached hydrogens (tertiary/aromatic N) is 2. The minimum atomic E-state index is -0.874. The second kappa shape index (κ2) is 7.27. The zero-order chi connectivity index (χ0) is 18.8. The van der Waals surface area contributed by atoms with E-state index in [4.69, 9.17) is 11.6 Å². The van der Waals surface area contributed by atoms with E-state index < -0.39 is 23.8 Å². The van der Waals surface area contributed by atoms with E-state index in [2.05, 4.69) is 4.98 Å². The number of carbonyl (C=O) groups is 2. The number of ketones is 1. The first-order valence-electron chi connectivity index (χ1n) is 8.03. The molecule has 0 spiro atoms. The Kier molecular flexibility index (Phi) is 5.06. The van der Waals surface area contributed by atoms with E-state index in [0.29, 0.717) is 16.3 Å². The van der Waals surface area contributed by atoms with Crippen molar-refractivity contribution in [1.29, 1.82) is 0 Å². The molecule has 1 saturated heterocycles. The zero-order valence-electron chi connectivity index (χ0n) is 14.0. The van der Waals surface area contributed by atoms with Crippen molar-refractivity contribution in [3.8, 4) is 0 Å². The number of pyridine rings is 1. The van der Waals surface area contributed by atoms with Crippen LogP contribution in [0, 0.1) is 0 Å². The molecule has 1 aromatic carbocycles. The van der Waals surface area contributed by atoms with Gasteiger partial charge in [-0.2, -0.15) is 0 Å². The summed E-state index contributed by atoms with van der Waals surface area (Å²) >= 11 is 5.87. The molecule has 6 nitrogen and oxygen atoms in total. The van der Waals surface area contributed by atoms with Crippen LogP contribution in [0.3, 0.4) is 0 Å². The molecule has 0 saturated carbocycles. The topological polar surface area (TPSA) is 90.7 Å². The van der Waals surface area contributed by atoms with Crippen LogP contribution < -0.4 is 0 Å². The number of aromatic nitrogens is 1. The van der Waals surface area contributed by atoms with Gasteiger partial charge in [-0.15, -0.1) is 0 Å². The predicted molar refractivity (Wildman–Crippen MR) is 96.4 cm³/mol. The number of hydrogen-bond acceptors (Lipinski definition) is 5. The van der Waals surface area contributed by atoms with Crippen LogP contribution in [0.15, 0.2) is 54.2 Å². The number of carbonyl (C=O) groups excluding carboxylic acids is 2. The van der Waals surface area contributed by atoms with Gasteiger partial charge in [0, 0.05) is 23.3 Å². The zero-order valence-corrected chi connectivity index (χ0v) is 14.7. The average molecular weight is 373 g/mol. The molecule has 0 bridgehead atoms. The highest BCUT2D eigenvalue weighted by Gasteiger charge is 2.46. The Hall–Kier alpha value is -2.70. The summed E-state index contributed by atoms with van der Waals surface area (Å²) in [7, 11) is 0. The summed E-state index contributed by atoms with van der Waals surface area (Å²) in [6.45, 7) is 1.47. The van der Waals surface area contributed by atoms with Gasteiger partial charge in [-0.1, -0.05) is 17.7 Å². The van der Waals surface area contributed by atoms with E-state index in [1.54, 1.807) is 48.7 Å². The molecule has 26 heavy (non-hydrogen) atoms. The van der Waals surface area contributed by atoms with Gasteiger partial charge in [0.2, 0.25) is 0 Å². The Balaban J connectivity index is 2.17. The third-order valence-corrected chi connectivity index (χ3v) is 4.34. The number of aliphatic hydroxyl groups excluding tert-OH is 2. The maximum Gasteiger partial charge on any atom is 0.295 e. The van der Waals surface area contributed by atoms with Crippen molar-refractivity contribution in [3.63, 3.8) is 0 Å². The van der Waals surface area contributed by atoms with Crippen molar-refractivity contribution in [2.24, 2.45) is 0 Å². The van der Waals surface area contributed by atoms with Crippen LogP contribution in [0.25, 0.3) is 5.76 Å². The lowest BCUT2D eigenvalue weighted by Gasteiger charge is -2.25. The average Bonchev–Trinajstić information content (AvgIpc) is 2.87. The van der Waals surface area contributed by atoms with E-state index in [0.717, 1.165) is 0 Å². The molecule has 1 aliphatic rings. The normalized spacial score (nSPS) is 20.4. The van der Waals surface area contributed by atoms with Crippen LogP contribution in [0.4, 0.5) is 0 Å². The quantitative estimate of drug-likeness (QED) is 0.489. The monoisotopic (exact) mass is 372 g/mol. The number of Topliss-reactive ketones (excluding diaryl/α,β-unsaturated/α-hetero) is 1. The lowest BCUT2D eigenvalue weighted by molar-refractivity contribution is -0.140. The number of amides is 1. The van der Waals surface area contributed by atoms with Gasteiger partial charge in [0.1, 0.15) is 11.8 Å². The molecule has 2 atom stereocenters. The molecular weight excluding hydrogens is 356 g/mol. The first-order chi connectivity index (χ1) is 12.4. The van der Waals surface area contributed by atoms with E-state index in [-0.39, 0.29) is 17.9 Å². The molecule has 2 N–H and O–H groups in total. The molecule has 7 heteroatoms. The summed E-state index contributed by atoms with van der Waals surface area (Å²) in [4.78, 5) is 30.6. The fourth-order valence-electron chi connectivity index (χ4n) is 2.96. The molecule has 2 heterocycles. The maximum absolute atomic E-state index is 12.6. The lowest BCUT2D eigenvalue weighted by atomic mass is 9.98. The summed E-state index contributed by atoms with van der Waals surface area (Å²) in [6.07, 6.45) is 0.704. The molecule has 0 aliphatic carbocycles. The minimum Gasteiger partial charge on any atom is -0.507 e. The maximum atomic E-state index is 12.6. The highest BCUT2D eigenvalue weighted by atomic mass is 35.5. The molecule has 0 radical (unpaired) electrons. The van der Waals surface area contributed by atoms with Gasteiger partial charge in [-0.3, -0.25) is 14.6 Å². The molecule has 134 valence electrons. The molecule has 2 unspecified atom stereocenters. The van der Waals surface area contributed by atoms with E-state index in [1.807, 2.05) is 0 Å². The number of halogens is 1. The number of β-amino-alcohol motifs (C(OH)–C–C–N with tert-alkyl or cyclic N) is 1. The van der Waals surface area contributed by atoms with Crippen molar-refractivity contribution in [2.45, 2.75) is 19.1 Å². The minimum absolute atomic E-state index is 0.0524. The van der Waals surface area contributed by atoms with E-state index >= 15 is 0 Å². The standard InChI is InChI=1S/C19H17ClN2O4/c1-11(23)10-22-16(14-4-2-3-9-21-14)15(18(25)19(22)26)17(24)12-5-7-13(20)8-6-12/h2-9,11,16,23-24H,10H2,1H3/b17-15+. The van der Waals surface area contributed by atoms with Gasteiger partial charge < -0.3 is 15.1 Å². The Bertz CT molecular complexity index is 863. The fourth-order valence-corrected chi connectivity index (χ4v) is 3.09. The van der Waals surface area contributed by atoms with Crippen molar-refractivity contribution in [3.05, 3.63) is 70.5 Å². The van der Waals surface area contributed by atoms with Crippen LogP contribution in [-0.4, -0.2) is 44.4 Å². The highest BCUT2D eigenvalue weighted by Crippen LogP contribution is 2.38. The van der Waals surface area contributed by atoms with Crippen LogP contribution >= 0.6 is 11.6 Å². The van der Waals surface area contributed by atoms with E-state index in [9.17, 15) is 19.8 Å².